The van der Waals surface area contributed by atoms with Crippen molar-refractivity contribution < 1.29 is 0 Å². The second kappa shape index (κ2) is 6.87. The van der Waals surface area contributed by atoms with Crippen molar-refractivity contribution in [1.29, 1.82) is 0 Å². The van der Waals surface area contributed by atoms with Crippen molar-refractivity contribution in [3.63, 3.8) is 0 Å². The van der Waals surface area contributed by atoms with Crippen molar-refractivity contribution >= 4 is 0 Å². The first-order valence-corrected chi connectivity index (χ1v) is 6.33. The van der Waals surface area contributed by atoms with Gasteiger partial charge in [-0.1, -0.05) is 6.07 Å². The molecule has 0 radical (unpaired) electrons. The lowest BCUT2D eigenvalue weighted by molar-refractivity contribution is 0.519. The van der Waals surface area contributed by atoms with Gasteiger partial charge in [0.1, 0.15) is 0 Å². The van der Waals surface area contributed by atoms with E-state index in [0.29, 0.717) is 6.04 Å². The maximum Gasteiger partial charge on any atom is 0.0300 e. The summed E-state index contributed by atoms with van der Waals surface area (Å²) in [6.45, 7) is 0. The number of nitrogens with zero attached hydrogens (tertiary/aromatic N) is 2. The summed E-state index contributed by atoms with van der Waals surface area (Å²) < 4.78 is 0. The maximum atomic E-state index is 4.15. The van der Waals surface area contributed by atoms with Crippen LogP contribution in [0.1, 0.15) is 17.5 Å². The summed E-state index contributed by atoms with van der Waals surface area (Å²) in [5.74, 6) is 0. The Morgan fingerprint density at radius 1 is 1.06 bits per heavy atom. The summed E-state index contributed by atoms with van der Waals surface area (Å²) in [4.78, 5) is 8.19. The van der Waals surface area contributed by atoms with Gasteiger partial charge in [-0.15, -0.1) is 0 Å². The van der Waals surface area contributed by atoms with Gasteiger partial charge in [0.2, 0.25) is 0 Å². The van der Waals surface area contributed by atoms with Gasteiger partial charge in [0.25, 0.3) is 0 Å². The average Bonchev–Trinajstić information content (AvgIpc) is 2.45. The summed E-state index contributed by atoms with van der Waals surface area (Å²) >= 11 is 0. The SMILES string of the molecule is CNC(CCc1ccncc1)Cc1cccnc1. The summed E-state index contributed by atoms with van der Waals surface area (Å²) in [6, 6.07) is 8.77. The Balaban J connectivity index is 1.86. The second-order valence-corrected chi connectivity index (χ2v) is 4.45. The van der Waals surface area contributed by atoms with E-state index in [1.807, 2.05) is 37.9 Å². The summed E-state index contributed by atoms with van der Waals surface area (Å²) in [5.41, 5.74) is 2.63. The number of likely N-dealkylation sites (N-methyl/N-ethyl adjacent to an activating group) is 1. The van der Waals surface area contributed by atoms with Gasteiger partial charge in [0.05, 0.1) is 0 Å². The van der Waals surface area contributed by atoms with Crippen LogP contribution in [0, 0.1) is 0 Å². The summed E-state index contributed by atoms with van der Waals surface area (Å²) in [6.07, 6.45) is 10.7. The van der Waals surface area contributed by atoms with Gasteiger partial charge >= 0.3 is 0 Å². The summed E-state index contributed by atoms with van der Waals surface area (Å²) in [5, 5.41) is 3.38. The zero-order chi connectivity index (χ0) is 12.6. The molecule has 2 aromatic rings. The Kier molecular flexibility index (Phi) is 4.85. The molecule has 0 bridgehead atoms. The van der Waals surface area contributed by atoms with Gasteiger partial charge in [0.15, 0.2) is 0 Å². The van der Waals surface area contributed by atoms with Crippen LogP contribution < -0.4 is 5.32 Å². The predicted octanol–water partition coefficient (Wildman–Crippen LogP) is 2.24. The first kappa shape index (κ1) is 12.7. The molecule has 0 spiro atoms. The number of aromatic nitrogens is 2. The largest absolute Gasteiger partial charge is 0.317 e. The van der Waals surface area contributed by atoms with Crippen LogP contribution in [0.5, 0.6) is 0 Å². The standard InChI is InChI=1S/C15H19N3/c1-16-15(11-14-3-2-8-18-12-14)5-4-13-6-9-17-10-7-13/h2-3,6-10,12,15-16H,4-5,11H2,1H3. The monoisotopic (exact) mass is 241 g/mol. The Hall–Kier alpha value is -1.74. The quantitative estimate of drug-likeness (QED) is 0.843. The molecule has 0 fully saturated rings. The van der Waals surface area contributed by atoms with E-state index in [1.54, 1.807) is 0 Å². The van der Waals surface area contributed by atoms with Gasteiger partial charge in [-0.05, 0) is 55.6 Å². The van der Waals surface area contributed by atoms with Crippen LogP contribution in [-0.2, 0) is 12.8 Å². The van der Waals surface area contributed by atoms with Crippen LogP contribution >= 0.6 is 0 Å². The average molecular weight is 241 g/mol. The van der Waals surface area contributed by atoms with Gasteiger partial charge in [0, 0.05) is 30.8 Å². The van der Waals surface area contributed by atoms with E-state index in [4.69, 9.17) is 0 Å². The lowest BCUT2D eigenvalue weighted by atomic mass is 10.0. The molecule has 2 heterocycles. The minimum Gasteiger partial charge on any atom is -0.317 e. The molecule has 94 valence electrons. The van der Waals surface area contributed by atoms with Crippen LogP contribution in [0.25, 0.3) is 0 Å². The highest BCUT2D eigenvalue weighted by Gasteiger charge is 2.07. The molecule has 0 saturated heterocycles. The Bertz CT molecular complexity index is 442. The number of nitrogens with one attached hydrogen (secondary N) is 1. The molecule has 0 aliphatic rings. The molecule has 3 heteroatoms. The molecular formula is C15H19N3. The molecule has 0 aliphatic heterocycles. The molecule has 0 amide bonds. The summed E-state index contributed by atoms with van der Waals surface area (Å²) in [7, 11) is 2.02. The van der Waals surface area contributed by atoms with Gasteiger partial charge in [-0.3, -0.25) is 9.97 Å². The molecular weight excluding hydrogens is 222 g/mol. The Morgan fingerprint density at radius 3 is 2.56 bits per heavy atom. The van der Waals surface area contributed by atoms with Gasteiger partial charge in [-0.25, -0.2) is 0 Å². The lowest BCUT2D eigenvalue weighted by Gasteiger charge is -2.15. The van der Waals surface area contributed by atoms with E-state index in [2.05, 4.69) is 33.5 Å². The lowest BCUT2D eigenvalue weighted by Crippen LogP contribution is -2.28. The molecule has 1 N–H and O–H groups in total. The maximum absolute atomic E-state index is 4.15. The van der Waals surface area contributed by atoms with E-state index < -0.39 is 0 Å². The van der Waals surface area contributed by atoms with Crippen molar-refractivity contribution in [2.75, 3.05) is 7.05 Å². The van der Waals surface area contributed by atoms with Crippen molar-refractivity contribution in [2.24, 2.45) is 0 Å². The number of hydrogen-bond acceptors (Lipinski definition) is 3. The van der Waals surface area contributed by atoms with E-state index >= 15 is 0 Å². The van der Waals surface area contributed by atoms with Crippen molar-refractivity contribution in [3.8, 4) is 0 Å². The molecule has 2 aromatic heterocycles. The Morgan fingerprint density at radius 2 is 1.89 bits per heavy atom. The fourth-order valence-corrected chi connectivity index (χ4v) is 2.04. The van der Waals surface area contributed by atoms with Crippen LogP contribution in [0.3, 0.4) is 0 Å². The third kappa shape index (κ3) is 3.93. The molecule has 18 heavy (non-hydrogen) atoms. The van der Waals surface area contributed by atoms with E-state index in [0.717, 1.165) is 19.3 Å². The number of rotatable bonds is 6. The topological polar surface area (TPSA) is 37.8 Å². The smallest absolute Gasteiger partial charge is 0.0300 e. The minimum absolute atomic E-state index is 0.488. The number of pyridine rings is 2. The Labute approximate surface area is 108 Å². The van der Waals surface area contributed by atoms with E-state index in [1.165, 1.54) is 11.1 Å². The normalized spacial score (nSPS) is 12.3. The third-order valence-corrected chi connectivity index (χ3v) is 3.14. The van der Waals surface area contributed by atoms with E-state index in [-0.39, 0.29) is 0 Å². The molecule has 3 nitrogen and oxygen atoms in total. The molecule has 0 aliphatic carbocycles. The fourth-order valence-electron chi connectivity index (χ4n) is 2.04. The third-order valence-electron chi connectivity index (χ3n) is 3.14. The van der Waals surface area contributed by atoms with Gasteiger partial charge in [-0.2, -0.15) is 0 Å². The van der Waals surface area contributed by atoms with E-state index in [9.17, 15) is 0 Å². The first-order valence-electron chi connectivity index (χ1n) is 6.33. The number of hydrogen-bond donors (Lipinski definition) is 1. The van der Waals surface area contributed by atoms with Crippen LogP contribution in [0.15, 0.2) is 49.1 Å². The molecule has 1 unspecified atom stereocenters. The van der Waals surface area contributed by atoms with Crippen molar-refractivity contribution in [2.45, 2.75) is 25.3 Å². The molecule has 1 atom stereocenters. The zero-order valence-electron chi connectivity index (χ0n) is 10.7. The zero-order valence-corrected chi connectivity index (χ0v) is 10.7. The van der Waals surface area contributed by atoms with Crippen molar-refractivity contribution in [3.05, 3.63) is 60.2 Å². The minimum atomic E-state index is 0.488. The van der Waals surface area contributed by atoms with Crippen molar-refractivity contribution in [1.82, 2.24) is 15.3 Å². The second-order valence-electron chi connectivity index (χ2n) is 4.45. The highest BCUT2D eigenvalue weighted by atomic mass is 14.9. The van der Waals surface area contributed by atoms with Crippen LogP contribution in [0.2, 0.25) is 0 Å². The number of aryl methyl sites for hydroxylation is 1. The molecule has 0 aromatic carbocycles. The molecule has 2 rings (SSSR count). The molecule has 0 saturated carbocycles. The van der Waals surface area contributed by atoms with Gasteiger partial charge < -0.3 is 5.32 Å². The predicted molar refractivity (Wildman–Crippen MR) is 73.3 cm³/mol. The fraction of sp³-hybridized carbons (Fsp3) is 0.333. The first-order chi connectivity index (χ1) is 8.88. The van der Waals surface area contributed by atoms with Crippen LogP contribution in [0.4, 0.5) is 0 Å². The highest BCUT2D eigenvalue weighted by molar-refractivity contribution is 5.12. The van der Waals surface area contributed by atoms with Crippen LogP contribution in [-0.4, -0.2) is 23.1 Å². The highest BCUT2D eigenvalue weighted by Crippen LogP contribution is 2.08.